The smallest absolute Gasteiger partial charge is 0.251 e. The molecule has 0 spiro atoms. The van der Waals surface area contributed by atoms with E-state index in [1.165, 1.54) is 19.2 Å². The lowest BCUT2D eigenvalue weighted by atomic mass is 10.1. The van der Waals surface area contributed by atoms with Crippen molar-refractivity contribution in [2.45, 2.75) is 25.9 Å². The Labute approximate surface area is 105 Å². The molecule has 0 saturated heterocycles. The largest absolute Gasteiger partial charge is 0.369 e. The fourth-order valence-electron chi connectivity index (χ4n) is 1.38. The number of halogens is 2. The van der Waals surface area contributed by atoms with Gasteiger partial charge in [0.25, 0.3) is 5.91 Å². The van der Waals surface area contributed by atoms with Crippen LogP contribution in [0.3, 0.4) is 0 Å². The van der Waals surface area contributed by atoms with Crippen molar-refractivity contribution in [3.8, 4) is 0 Å². The number of hydrogen-bond acceptors (Lipinski definition) is 2. The molecule has 0 atom stereocenters. The second kappa shape index (κ2) is 5.91. The number of amides is 1. The Bertz CT molecular complexity index is 413. The van der Waals surface area contributed by atoms with E-state index in [0.29, 0.717) is 18.5 Å². The Balaban J connectivity index is 2.49. The predicted molar refractivity (Wildman–Crippen MR) is 64.2 cm³/mol. The number of hydrogen-bond donors (Lipinski definition) is 1. The monoisotopic (exact) mass is 257 g/mol. The molecule has 1 N–H and O–H groups in total. The molecule has 100 valence electrons. The number of rotatable bonds is 5. The highest BCUT2D eigenvalue weighted by Gasteiger charge is 2.26. The molecule has 0 aromatic heterocycles. The van der Waals surface area contributed by atoms with Gasteiger partial charge in [-0.1, -0.05) is 0 Å². The van der Waals surface area contributed by atoms with E-state index in [9.17, 15) is 13.6 Å². The van der Waals surface area contributed by atoms with Crippen molar-refractivity contribution in [3.63, 3.8) is 0 Å². The Morgan fingerprint density at radius 3 is 2.33 bits per heavy atom. The van der Waals surface area contributed by atoms with Gasteiger partial charge in [-0.2, -0.15) is 0 Å². The van der Waals surface area contributed by atoms with Crippen LogP contribution < -0.4 is 5.32 Å². The first-order chi connectivity index (χ1) is 8.35. The molecule has 1 rings (SSSR count). The number of carbonyl (C=O) groups is 1. The van der Waals surface area contributed by atoms with E-state index in [1.807, 2.05) is 0 Å². The van der Waals surface area contributed by atoms with E-state index in [2.05, 4.69) is 5.32 Å². The summed E-state index contributed by atoms with van der Waals surface area (Å²) in [4.78, 5) is 11.6. The normalized spacial score (nSPS) is 11.4. The first-order valence-corrected chi connectivity index (χ1v) is 5.63. The van der Waals surface area contributed by atoms with Crippen LogP contribution in [0.15, 0.2) is 18.2 Å². The summed E-state index contributed by atoms with van der Waals surface area (Å²) >= 11 is 0. The third-order valence-corrected chi connectivity index (χ3v) is 2.68. The summed E-state index contributed by atoms with van der Waals surface area (Å²) in [6.07, 6.45) is 0.361. The van der Waals surface area contributed by atoms with Gasteiger partial charge < -0.3 is 10.1 Å². The van der Waals surface area contributed by atoms with E-state index in [-0.39, 0.29) is 5.91 Å². The van der Waals surface area contributed by atoms with Crippen molar-refractivity contribution in [1.82, 2.24) is 5.32 Å². The Kier molecular flexibility index (Phi) is 4.78. The highest BCUT2D eigenvalue weighted by Crippen LogP contribution is 2.09. The van der Waals surface area contributed by atoms with Crippen LogP contribution in [0, 0.1) is 11.6 Å². The van der Waals surface area contributed by atoms with Crippen molar-refractivity contribution >= 4 is 5.91 Å². The molecule has 3 nitrogen and oxygen atoms in total. The molecule has 0 saturated carbocycles. The molecule has 0 aliphatic heterocycles. The number of nitrogens with one attached hydrogen (secondary N) is 1. The summed E-state index contributed by atoms with van der Waals surface area (Å²) in [6.45, 7) is 3.59. The van der Waals surface area contributed by atoms with Gasteiger partial charge in [0.1, 0.15) is 17.2 Å². The second-order valence-corrected chi connectivity index (χ2v) is 4.50. The third kappa shape index (κ3) is 4.07. The van der Waals surface area contributed by atoms with Gasteiger partial charge in [0.2, 0.25) is 0 Å². The van der Waals surface area contributed by atoms with E-state index in [4.69, 9.17) is 4.74 Å². The minimum Gasteiger partial charge on any atom is -0.369 e. The molecule has 0 fully saturated rings. The zero-order valence-corrected chi connectivity index (χ0v) is 10.7. The first-order valence-electron chi connectivity index (χ1n) is 5.63. The lowest BCUT2D eigenvalue weighted by molar-refractivity contribution is -0.139. The van der Waals surface area contributed by atoms with Gasteiger partial charge in [0.15, 0.2) is 0 Å². The first kappa shape index (κ1) is 14.6. The topological polar surface area (TPSA) is 38.3 Å². The average Bonchev–Trinajstić information content (AvgIpc) is 2.27. The maximum Gasteiger partial charge on any atom is 0.251 e. The SMILES string of the molecule is COC(C)(C)C(=O)NCCc1cc(F)cc(F)c1. The Hall–Kier alpha value is -1.49. The van der Waals surface area contributed by atoms with Crippen LogP contribution in [0.5, 0.6) is 0 Å². The summed E-state index contributed by atoms with van der Waals surface area (Å²) in [5.74, 6) is -1.50. The van der Waals surface area contributed by atoms with Crippen LogP contribution in [-0.2, 0) is 16.0 Å². The summed E-state index contributed by atoms with van der Waals surface area (Å²) in [7, 11) is 1.45. The minimum absolute atomic E-state index is 0.262. The van der Waals surface area contributed by atoms with Gasteiger partial charge in [-0.15, -0.1) is 0 Å². The van der Waals surface area contributed by atoms with Gasteiger partial charge in [-0.25, -0.2) is 8.78 Å². The molecule has 0 unspecified atom stereocenters. The van der Waals surface area contributed by atoms with Crippen molar-refractivity contribution in [2.24, 2.45) is 0 Å². The average molecular weight is 257 g/mol. The molecular formula is C13H17F2NO2. The Morgan fingerprint density at radius 1 is 1.28 bits per heavy atom. The van der Waals surface area contributed by atoms with Crippen molar-refractivity contribution < 1.29 is 18.3 Å². The standard InChI is InChI=1S/C13H17F2NO2/c1-13(2,18-3)12(17)16-5-4-9-6-10(14)8-11(15)7-9/h6-8H,4-5H2,1-3H3,(H,16,17). The molecule has 0 heterocycles. The highest BCUT2D eigenvalue weighted by molar-refractivity contribution is 5.84. The highest BCUT2D eigenvalue weighted by atomic mass is 19.1. The lowest BCUT2D eigenvalue weighted by Gasteiger charge is -2.21. The summed E-state index contributed by atoms with van der Waals surface area (Å²) < 4.78 is 30.8. The molecule has 18 heavy (non-hydrogen) atoms. The quantitative estimate of drug-likeness (QED) is 0.876. The molecular weight excluding hydrogens is 240 g/mol. The molecule has 1 aromatic carbocycles. The minimum atomic E-state index is -0.910. The fourth-order valence-corrected chi connectivity index (χ4v) is 1.38. The molecule has 1 aromatic rings. The molecule has 5 heteroatoms. The number of ether oxygens (including phenoxy) is 1. The van der Waals surface area contributed by atoms with Crippen LogP contribution in [0.4, 0.5) is 8.78 Å². The summed E-state index contributed by atoms with van der Waals surface area (Å²) in [5.41, 5.74) is -0.407. The van der Waals surface area contributed by atoms with E-state index in [0.717, 1.165) is 6.07 Å². The Morgan fingerprint density at radius 2 is 1.83 bits per heavy atom. The van der Waals surface area contributed by atoms with Crippen LogP contribution in [-0.4, -0.2) is 25.2 Å². The molecule has 1 amide bonds. The van der Waals surface area contributed by atoms with Crippen molar-refractivity contribution in [1.29, 1.82) is 0 Å². The second-order valence-electron chi connectivity index (χ2n) is 4.50. The molecule has 0 aliphatic rings. The summed E-state index contributed by atoms with van der Waals surface area (Å²) in [6, 6.07) is 3.31. The maximum absolute atomic E-state index is 12.9. The zero-order valence-electron chi connectivity index (χ0n) is 10.7. The van der Waals surface area contributed by atoms with Gasteiger partial charge in [0.05, 0.1) is 0 Å². The number of benzene rings is 1. The lowest BCUT2D eigenvalue weighted by Crippen LogP contribution is -2.44. The number of methoxy groups -OCH3 is 1. The molecule has 0 bridgehead atoms. The van der Waals surface area contributed by atoms with Crippen molar-refractivity contribution in [3.05, 3.63) is 35.4 Å². The third-order valence-electron chi connectivity index (χ3n) is 2.68. The van der Waals surface area contributed by atoms with Crippen molar-refractivity contribution in [2.75, 3.05) is 13.7 Å². The van der Waals surface area contributed by atoms with E-state index >= 15 is 0 Å². The number of carbonyl (C=O) groups excluding carboxylic acids is 1. The summed E-state index contributed by atoms with van der Waals surface area (Å²) in [5, 5.41) is 2.65. The van der Waals surface area contributed by atoms with Gasteiger partial charge >= 0.3 is 0 Å². The van der Waals surface area contributed by atoms with Crippen LogP contribution >= 0.6 is 0 Å². The predicted octanol–water partition coefficient (Wildman–Crippen LogP) is 2.05. The van der Waals surface area contributed by atoms with Crippen LogP contribution in [0.25, 0.3) is 0 Å². The maximum atomic E-state index is 12.9. The van der Waals surface area contributed by atoms with Crippen LogP contribution in [0.1, 0.15) is 19.4 Å². The fraction of sp³-hybridized carbons (Fsp3) is 0.462. The van der Waals surface area contributed by atoms with Gasteiger partial charge in [-0.05, 0) is 38.0 Å². The molecule has 0 radical (unpaired) electrons. The van der Waals surface area contributed by atoms with Gasteiger partial charge in [0, 0.05) is 19.7 Å². The van der Waals surface area contributed by atoms with E-state index < -0.39 is 17.2 Å². The zero-order chi connectivity index (χ0) is 13.8. The molecule has 0 aliphatic carbocycles. The van der Waals surface area contributed by atoms with Gasteiger partial charge in [-0.3, -0.25) is 4.79 Å². The van der Waals surface area contributed by atoms with Crippen LogP contribution in [0.2, 0.25) is 0 Å². The van der Waals surface area contributed by atoms with E-state index in [1.54, 1.807) is 13.8 Å².